The van der Waals surface area contributed by atoms with Gasteiger partial charge in [-0.05, 0) is 46.7 Å². The Hall–Kier alpha value is -3.74. The van der Waals surface area contributed by atoms with Crippen LogP contribution in [0.4, 0.5) is 5.69 Å². The highest BCUT2D eigenvalue weighted by Crippen LogP contribution is 2.37. The average molecular weight is 418 g/mol. The maximum atomic E-state index is 12.7. The molecule has 1 fully saturated rings. The van der Waals surface area contributed by atoms with E-state index in [1.807, 2.05) is 42.5 Å². The van der Waals surface area contributed by atoms with E-state index in [2.05, 4.69) is 5.32 Å². The summed E-state index contributed by atoms with van der Waals surface area (Å²) >= 11 is 0. The van der Waals surface area contributed by atoms with Crippen molar-refractivity contribution in [2.24, 2.45) is 5.92 Å². The molecule has 5 rings (SSSR count). The molecule has 7 heteroatoms. The van der Waals surface area contributed by atoms with Gasteiger partial charge >= 0.3 is 0 Å². The zero-order chi connectivity index (χ0) is 21.4. The fraction of sp³-hybridized carbons (Fsp3) is 0.250. The lowest BCUT2D eigenvalue weighted by molar-refractivity contribution is -0.126. The van der Waals surface area contributed by atoms with Gasteiger partial charge in [0.25, 0.3) is 0 Å². The first-order valence-electron chi connectivity index (χ1n) is 10.1. The number of benzene rings is 3. The molecule has 0 saturated carbocycles. The van der Waals surface area contributed by atoms with E-state index in [0.717, 1.165) is 27.8 Å². The van der Waals surface area contributed by atoms with Gasteiger partial charge in [0, 0.05) is 31.3 Å². The first kappa shape index (κ1) is 19.2. The lowest BCUT2D eigenvalue weighted by Gasteiger charge is -2.17. The number of carbonyl (C=O) groups is 2. The van der Waals surface area contributed by atoms with Crippen LogP contribution in [0, 0.1) is 5.92 Å². The van der Waals surface area contributed by atoms with Gasteiger partial charge in [-0.1, -0.05) is 18.2 Å². The van der Waals surface area contributed by atoms with Gasteiger partial charge in [0.15, 0.2) is 11.5 Å². The van der Waals surface area contributed by atoms with E-state index >= 15 is 0 Å². The van der Waals surface area contributed by atoms with Gasteiger partial charge in [-0.15, -0.1) is 0 Å². The van der Waals surface area contributed by atoms with Gasteiger partial charge < -0.3 is 24.4 Å². The first-order valence-corrected chi connectivity index (χ1v) is 10.1. The van der Waals surface area contributed by atoms with E-state index < -0.39 is 0 Å². The van der Waals surface area contributed by atoms with Crippen molar-refractivity contribution in [3.05, 3.63) is 60.2 Å². The number of fused-ring (bicyclic) bond motifs is 2. The monoisotopic (exact) mass is 418 g/mol. The second-order valence-electron chi connectivity index (χ2n) is 7.71. The zero-order valence-corrected chi connectivity index (χ0v) is 17.1. The van der Waals surface area contributed by atoms with Crippen LogP contribution in [0.1, 0.15) is 12.0 Å². The number of nitrogens with zero attached hydrogens (tertiary/aromatic N) is 1. The largest absolute Gasteiger partial charge is 0.497 e. The summed E-state index contributed by atoms with van der Waals surface area (Å²) in [6.07, 6.45) is 0.192. The third-order valence-corrected chi connectivity index (χ3v) is 5.74. The highest BCUT2D eigenvalue weighted by atomic mass is 16.7. The van der Waals surface area contributed by atoms with Crippen LogP contribution in [0.15, 0.2) is 54.6 Å². The number of hydrogen-bond donors (Lipinski definition) is 1. The van der Waals surface area contributed by atoms with Gasteiger partial charge in [0.2, 0.25) is 18.6 Å². The normalized spacial score (nSPS) is 17.3. The lowest BCUT2D eigenvalue weighted by Crippen LogP contribution is -2.32. The molecule has 1 atom stereocenters. The SMILES string of the molecule is COc1ccc2cc(CNC(=O)C3CC(=O)N(c4ccc5c(c4)OCO5)C3)ccc2c1. The lowest BCUT2D eigenvalue weighted by atomic mass is 10.1. The molecule has 2 amide bonds. The number of anilines is 1. The Bertz CT molecular complexity index is 1180. The van der Waals surface area contributed by atoms with Crippen LogP contribution < -0.4 is 24.4 Å². The van der Waals surface area contributed by atoms with Crippen LogP contribution in [0.5, 0.6) is 17.2 Å². The highest BCUT2D eigenvalue weighted by Gasteiger charge is 2.35. The molecule has 2 aliphatic rings. The summed E-state index contributed by atoms with van der Waals surface area (Å²) in [6, 6.07) is 17.3. The topological polar surface area (TPSA) is 77.1 Å². The Morgan fingerprint density at radius 1 is 1.06 bits per heavy atom. The summed E-state index contributed by atoms with van der Waals surface area (Å²) in [5.74, 6) is 1.52. The second kappa shape index (κ2) is 7.83. The maximum Gasteiger partial charge on any atom is 0.231 e. The van der Waals surface area contributed by atoms with E-state index in [-0.39, 0.29) is 30.9 Å². The van der Waals surface area contributed by atoms with Crippen molar-refractivity contribution < 1.29 is 23.8 Å². The molecule has 0 aromatic heterocycles. The van der Waals surface area contributed by atoms with Gasteiger partial charge in [0.05, 0.1) is 13.0 Å². The Labute approximate surface area is 179 Å². The van der Waals surface area contributed by atoms with Crippen molar-refractivity contribution in [2.75, 3.05) is 25.3 Å². The highest BCUT2D eigenvalue weighted by molar-refractivity contribution is 6.00. The maximum absolute atomic E-state index is 12.7. The fourth-order valence-electron chi connectivity index (χ4n) is 4.03. The molecule has 0 bridgehead atoms. The van der Waals surface area contributed by atoms with Gasteiger partial charge in [-0.3, -0.25) is 9.59 Å². The molecule has 0 spiro atoms. The van der Waals surface area contributed by atoms with Crippen molar-refractivity contribution in [1.82, 2.24) is 5.32 Å². The minimum atomic E-state index is -0.386. The molecule has 31 heavy (non-hydrogen) atoms. The number of ether oxygens (including phenoxy) is 3. The summed E-state index contributed by atoms with van der Waals surface area (Å²) in [5.41, 5.74) is 1.72. The quantitative estimate of drug-likeness (QED) is 0.688. The molecule has 158 valence electrons. The molecule has 2 aliphatic heterocycles. The molecular weight excluding hydrogens is 396 g/mol. The predicted molar refractivity (Wildman–Crippen MR) is 115 cm³/mol. The number of nitrogens with one attached hydrogen (secondary N) is 1. The Kier molecular flexibility index (Phi) is 4.86. The molecule has 3 aromatic rings. The fourth-order valence-corrected chi connectivity index (χ4v) is 4.03. The number of carbonyl (C=O) groups excluding carboxylic acids is 2. The van der Waals surface area contributed by atoms with Crippen LogP contribution in [0.3, 0.4) is 0 Å². The standard InChI is InChI=1S/C24H22N2O5/c1-29-20-6-4-16-8-15(2-3-17(16)9-20)12-25-24(28)18-10-23(27)26(13-18)19-5-7-21-22(11-19)31-14-30-21/h2-9,11,18H,10,12-14H2,1H3,(H,25,28). The third-order valence-electron chi connectivity index (χ3n) is 5.74. The van der Waals surface area contributed by atoms with Crippen LogP contribution in [0.25, 0.3) is 10.8 Å². The Morgan fingerprint density at radius 3 is 2.74 bits per heavy atom. The van der Waals surface area contributed by atoms with Gasteiger partial charge in [-0.2, -0.15) is 0 Å². The first-order chi connectivity index (χ1) is 15.1. The van der Waals surface area contributed by atoms with E-state index in [1.165, 1.54) is 0 Å². The van der Waals surface area contributed by atoms with Gasteiger partial charge in [0.1, 0.15) is 5.75 Å². The van der Waals surface area contributed by atoms with Crippen LogP contribution >= 0.6 is 0 Å². The summed E-state index contributed by atoms with van der Waals surface area (Å²) in [4.78, 5) is 26.9. The Morgan fingerprint density at radius 2 is 1.87 bits per heavy atom. The van der Waals surface area contributed by atoms with E-state index in [9.17, 15) is 9.59 Å². The van der Waals surface area contributed by atoms with Crippen molar-refractivity contribution in [1.29, 1.82) is 0 Å². The Balaban J connectivity index is 1.23. The predicted octanol–water partition coefficient (Wildman–Crippen LogP) is 3.25. The molecule has 2 heterocycles. The number of rotatable bonds is 5. The third kappa shape index (κ3) is 3.74. The summed E-state index contributed by atoms with van der Waals surface area (Å²) in [7, 11) is 1.65. The smallest absolute Gasteiger partial charge is 0.231 e. The molecule has 0 radical (unpaired) electrons. The molecule has 3 aromatic carbocycles. The second-order valence-corrected chi connectivity index (χ2v) is 7.71. The van der Waals surface area contributed by atoms with Crippen LogP contribution in [-0.4, -0.2) is 32.3 Å². The van der Waals surface area contributed by atoms with Crippen molar-refractivity contribution in [3.63, 3.8) is 0 Å². The van der Waals surface area contributed by atoms with E-state index in [0.29, 0.717) is 24.6 Å². The summed E-state index contributed by atoms with van der Waals surface area (Å²) in [5, 5.41) is 5.14. The van der Waals surface area contributed by atoms with Crippen molar-refractivity contribution in [3.8, 4) is 17.2 Å². The number of amides is 2. The van der Waals surface area contributed by atoms with E-state index in [1.54, 1.807) is 24.1 Å². The molecule has 1 saturated heterocycles. The van der Waals surface area contributed by atoms with Crippen LogP contribution in [-0.2, 0) is 16.1 Å². The van der Waals surface area contributed by atoms with Crippen molar-refractivity contribution in [2.45, 2.75) is 13.0 Å². The summed E-state index contributed by atoms with van der Waals surface area (Å²) in [6.45, 7) is 0.942. The molecule has 7 nitrogen and oxygen atoms in total. The average Bonchev–Trinajstić information content (AvgIpc) is 3.42. The minimum Gasteiger partial charge on any atom is -0.497 e. The number of methoxy groups -OCH3 is 1. The van der Waals surface area contributed by atoms with Crippen molar-refractivity contribution >= 4 is 28.3 Å². The molecule has 1 unspecified atom stereocenters. The minimum absolute atomic E-state index is 0.0707. The number of hydrogen-bond acceptors (Lipinski definition) is 5. The molecule has 0 aliphatic carbocycles. The van der Waals surface area contributed by atoms with E-state index in [4.69, 9.17) is 14.2 Å². The summed E-state index contributed by atoms with van der Waals surface area (Å²) < 4.78 is 16.0. The zero-order valence-electron chi connectivity index (χ0n) is 17.1. The van der Waals surface area contributed by atoms with Crippen LogP contribution in [0.2, 0.25) is 0 Å². The van der Waals surface area contributed by atoms with Gasteiger partial charge in [-0.25, -0.2) is 0 Å². The molecule has 1 N–H and O–H groups in total. The molecular formula is C24H22N2O5.